The summed E-state index contributed by atoms with van der Waals surface area (Å²) in [5.41, 5.74) is 2.97. The number of hydrogen-bond donors (Lipinski definition) is 0. The Balaban J connectivity index is 2.08. The normalized spacial score (nSPS) is 10.6. The fraction of sp³-hybridized carbons (Fsp3) is 0.188. The van der Waals surface area contributed by atoms with Crippen molar-refractivity contribution in [2.24, 2.45) is 0 Å². The Morgan fingerprint density at radius 1 is 1.05 bits per heavy atom. The summed E-state index contributed by atoms with van der Waals surface area (Å²) in [6.07, 6.45) is 0. The Hall–Kier alpha value is -0.960. The lowest BCUT2D eigenvalue weighted by molar-refractivity contribution is 0.102. The molecule has 0 heterocycles. The molecule has 0 amide bonds. The third-order valence-corrected chi connectivity index (χ3v) is 4.84. The van der Waals surface area contributed by atoms with E-state index < -0.39 is 0 Å². The van der Waals surface area contributed by atoms with E-state index in [0.717, 1.165) is 4.90 Å². The van der Waals surface area contributed by atoms with Gasteiger partial charge in [-0.25, -0.2) is 0 Å². The summed E-state index contributed by atoms with van der Waals surface area (Å²) in [6, 6.07) is 11.2. The molecule has 0 N–H and O–H groups in total. The molecule has 2 rings (SSSR count). The molecule has 0 saturated carbocycles. The molecule has 0 aliphatic rings. The van der Waals surface area contributed by atoms with Gasteiger partial charge in [-0.1, -0.05) is 40.9 Å². The van der Waals surface area contributed by atoms with Crippen molar-refractivity contribution in [3.05, 3.63) is 63.1 Å². The zero-order valence-electron chi connectivity index (χ0n) is 11.2. The van der Waals surface area contributed by atoms with E-state index >= 15 is 0 Å². The molecular weight excluding hydrogens is 311 g/mol. The molecule has 2 aromatic rings. The van der Waals surface area contributed by atoms with Gasteiger partial charge in [-0.15, -0.1) is 11.8 Å². The summed E-state index contributed by atoms with van der Waals surface area (Å²) in [5, 5.41) is 0.875. The van der Waals surface area contributed by atoms with Crippen molar-refractivity contribution >= 4 is 40.7 Å². The first-order chi connectivity index (χ1) is 9.47. The Labute approximate surface area is 133 Å². The van der Waals surface area contributed by atoms with Crippen molar-refractivity contribution in [3.8, 4) is 0 Å². The maximum absolute atomic E-state index is 12.2. The fourth-order valence-corrected chi connectivity index (χ4v) is 3.08. The van der Waals surface area contributed by atoms with Gasteiger partial charge in [0.05, 0.1) is 15.8 Å². The van der Waals surface area contributed by atoms with Crippen LogP contribution in [0.4, 0.5) is 0 Å². The molecule has 1 nitrogen and oxygen atoms in total. The summed E-state index contributed by atoms with van der Waals surface area (Å²) in [5.74, 6) is 0.442. The SMILES string of the molecule is Cc1ccc(C)c(SCC(=O)c2ccc(Cl)c(Cl)c2)c1. The Kier molecular flexibility index (Phi) is 5.14. The van der Waals surface area contributed by atoms with Gasteiger partial charge in [-0.05, 0) is 43.7 Å². The number of thioether (sulfide) groups is 1. The minimum absolute atomic E-state index is 0.0504. The van der Waals surface area contributed by atoms with Crippen LogP contribution < -0.4 is 0 Å². The van der Waals surface area contributed by atoms with Gasteiger partial charge >= 0.3 is 0 Å². The number of halogens is 2. The van der Waals surface area contributed by atoms with Gasteiger partial charge in [0.1, 0.15) is 0 Å². The second-order valence-corrected chi connectivity index (χ2v) is 6.44. The van der Waals surface area contributed by atoms with E-state index in [1.165, 1.54) is 11.1 Å². The lowest BCUT2D eigenvalue weighted by Gasteiger charge is -2.07. The van der Waals surface area contributed by atoms with Gasteiger partial charge in [-0.3, -0.25) is 4.79 Å². The highest BCUT2D eigenvalue weighted by Crippen LogP contribution is 2.26. The predicted molar refractivity (Wildman–Crippen MR) is 87.4 cm³/mol. The molecule has 2 aromatic carbocycles. The van der Waals surface area contributed by atoms with Crippen molar-refractivity contribution in [3.63, 3.8) is 0 Å². The predicted octanol–water partition coefficient (Wildman–Crippen LogP) is 5.59. The van der Waals surface area contributed by atoms with E-state index in [9.17, 15) is 4.79 Å². The molecule has 0 bridgehead atoms. The van der Waals surface area contributed by atoms with E-state index in [1.807, 2.05) is 13.8 Å². The second kappa shape index (κ2) is 6.66. The standard InChI is InChI=1S/C16H14Cl2OS/c1-10-3-4-11(2)16(7-10)20-9-15(19)12-5-6-13(17)14(18)8-12/h3-8H,9H2,1-2H3. The smallest absolute Gasteiger partial charge is 0.173 e. The van der Waals surface area contributed by atoms with E-state index in [2.05, 4.69) is 18.2 Å². The quantitative estimate of drug-likeness (QED) is 0.539. The molecule has 0 fully saturated rings. The lowest BCUT2D eigenvalue weighted by atomic mass is 10.1. The fourth-order valence-electron chi connectivity index (χ4n) is 1.76. The highest BCUT2D eigenvalue weighted by Gasteiger charge is 2.10. The summed E-state index contributed by atoms with van der Waals surface area (Å²) >= 11 is 13.3. The second-order valence-electron chi connectivity index (χ2n) is 4.61. The molecule has 0 radical (unpaired) electrons. The first-order valence-corrected chi connectivity index (χ1v) is 7.90. The molecule has 0 spiro atoms. The molecule has 20 heavy (non-hydrogen) atoms. The number of ketones is 1. The summed E-state index contributed by atoms with van der Waals surface area (Å²) in [4.78, 5) is 13.3. The number of carbonyl (C=O) groups excluding carboxylic acids is 1. The average molecular weight is 325 g/mol. The number of Topliss-reactive ketones (excluding diaryl/α,β-unsaturated/α-hetero) is 1. The van der Waals surface area contributed by atoms with Crippen molar-refractivity contribution in [2.75, 3.05) is 5.75 Å². The van der Waals surface area contributed by atoms with E-state index in [0.29, 0.717) is 21.4 Å². The first kappa shape index (κ1) is 15.4. The Morgan fingerprint density at radius 3 is 2.50 bits per heavy atom. The Morgan fingerprint density at radius 2 is 1.80 bits per heavy atom. The zero-order chi connectivity index (χ0) is 14.7. The summed E-state index contributed by atoms with van der Waals surface area (Å²) in [6.45, 7) is 4.09. The molecule has 4 heteroatoms. The maximum atomic E-state index is 12.2. The van der Waals surface area contributed by atoms with Gasteiger partial charge in [0.25, 0.3) is 0 Å². The van der Waals surface area contributed by atoms with Crippen molar-refractivity contribution in [1.82, 2.24) is 0 Å². The van der Waals surface area contributed by atoms with Crippen molar-refractivity contribution in [1.29, 1.82) is 0 Å². The van der Waals surface area contributed by atoms with E-state index in [-0.39, 0.29) is 5.78 Å². The first-order valence-electron chi connectivity index (χ1n) is 6.15. The van der Waals surface area contributed by atoms with Crippen LogP contribution in [0, 0.1) is 13.8 Å². The number of carbonyl (C=O) groups is 1. The third kappa shape index (κ3) is 3.78. The molecule has 0 aliphatic carbocycles. The van der Waals surface area contributed by atoms with Gasteiger partial charge in [-0.2, -0.15) is 0 Å². The maximum Gasteiger partial charge on any atom is 0.173 e. The van der Waals surface area contributed by atoms with Crippen LogP contribution in [0.15, 0.2) is 41.3 Å². The minimum Gasteiger partial charge on any atom is -0.293 e. The van der Waals surface area contributed by atoms with Crippen LogP contribution >= 0.6 is 35.0 Å². The molecule has 104 valence electrons. The largest absolute Gasteiger partial charge is 0.293 e. The highest BCUT2D eigenvalue weighted by molar-refractivity contribution is 8.00. The van der Waals surface area contributed by atoms with Crippen LogP contribution in [-0.4, -0.2) is 11.5 Å². The van der Waals surface area contributed by atoms with Gasteiger partial charge in [0.2, 0.25) is 0 Å². The number of hydrogen-bond acceptors (Lipinski definition) is 2. The topological polar surface area (TPSA) is 17.1 Å². The highest BCUT2D eigenvalue weighted by atomic mass is 35.5. The van der Waals surface area contributed by atoms with E-state index in [1.54, 1.807) is 30.0 Å². The van der Waals surface area contributed by atoms with E-state index in [4.69, 9.17) is 23.2 Å². The number of aryl methyl sites for hydroxylation is 2. The van der Waals surface area contributed by atoms with Crippen LogP contribution in [0.2, 0.25) is 10.0 Å². The molecular formula is C16H14Cl2OS. The molecule has 0 atom stereocenters. The van der Waals surface area contributed by atoms with Crippen LogP contribution in [0.5, 0.6) is 0 Å². The lowest BCUT2D eigenvalue weighted by Crippen LogP contribution is -2.02. The third-order valence-electron chi connectivity index (χ3n) is 2.94. The average Bonchev–Trinajstić information content (AvgIpc) is 2.42. The minimum atomic E-state index is 0.0504. The van der Waals surface area contributed by atoms with Gasteiger partial charge < -0.3 is 0 Å². The molecule has 0 saturated heterocycles. The zero-order valence-corrected chi connectivity index (χ0v) is 13.6. The molecule has 0 unspecified atom stereocenters. The monoisotopic (exact) mass is 324 g/mol. The number of benzene rings is 2. The number of rotatable bonds is 4. The van der Waals surface area contributed by atoms with Crippen LogP contribution in [0.1, 0.15) is 21.5 Å². The van der Waals surface area contributed by atoms with Gasteiger partial charge in [0, 0.05) is 10.5 Å². The van der Waals surface area contributed by atoms with Crippen LogP contribution in [-0.2, 0) is 0 Å². The molecule has 0 aromatic heterocycles. The van der Waals surface area contributed by atoms with Crippen LogP contribution in [0.3, 0.4) is 0 Å². The van der Waals surface area contributed by atoms with Gasteiger partial charge in [0.15, 0.2) is 5.78 Å². The Bertz CT molecular complexity index is 653. The van der Waals surface area contributed by atoms with Crippen molar-refractivity contribution < 1.29 is 4.79 Å². The summed E-state index contributed by atoms with van der Waals surface area (Å²) in [7, 11) is 0. The van der Waals surface area contributed by atoms with Crippen molar-refractivity contribution in [2.45, 2.75) is 18.7 Å². The molecule has 0 aliphatic heterocycles. The van der Waals surface area contributed by atoms with Crippen LogP contribution in [0.25, 0.3) is 0 Å². The summed E-state index contributed by atoms with van der Waals surface area (Å²) < 4.78 is 0.